The summed E-state index contributed by atoms with van der Waals surface area (Å²) in [5.74, 6) is -1.01. The Morgan fingerprint density at radius 2 is 1.67 bits per heavy atom. The van der Waals surface area contributed by atoms with E-state index in [0.717, 1.165) is 43.2 Å². The van der Waals surface area contributed by atoms with Gasteiger partial charge in [-0.15, -0.1) is 0 Å². The quantitative estimate of drug-likeness (QED) is 0.341. The van der Waals surface area contributed by atoms with Gasteiger partial charge in [-0.3, -0.25) is 0 Å². The molecular weight excluding hydrogens is 439 g/mol. The lowest BCUT2D eigenvalue weighted by Gasteiger charge is -2.29. The Bertz CT molecular complexity index is 919. The third kappa shape index (κ3) is 5.79. The largest absolute Gasteiger partial charge is 0.491 e. The van der Waals surface area contributed by atoms with E-state index in [-0.39, 0.29) is 17.9 Å². The number of aryl methyl sites for hydroxylation is 1. The number of halogens is 5. The van der Waals surface area contributed by atoms with Crippen LogP contribution in [0.15, 0.2) is 30.3 Å². The molecule has 2 aromatic rings. The van der Waals surface area contributed by atoms with Crippen LogP contribution >= 0.6 is 0 Å². The molecule has 0 bridgehead atoms. The number of hydrogen-bond donors (Lipinski definition) is 0. The minimum Gasteiger partial charge on any atom is -0.491 e. The SMILES string of the molecule is CCCC1CCC(c2ccc(OC(F)(F)c3c(C)cc(OCC)c(F)c3C(F)F)cc2)CC1. The molecule has 0 aliphatic heterocycles. The molecule has 182 valence electrons. The zero-order valence-corrected chi connectivity index (χ0v) is 19.3. The van der Waals surface area contributed by atoms with Crippen molar-refractivity contribution < 1.29 is 31.4 Å². The first-order valence-electron chi connectivity index (χ1n) is 11.6. The van der Waals surface area contributed by atoms with Crippen molar-refractivity contribution in [2.24, 2.45) is 5.92 Å². The van der Waals surface area contributed by atoms with E-state index in [1.165, 1.54) is 31.9 Å². The van der Waals surface area contributed by atoms with Crippen molar-refractivity contribution in [1.82, 2.24) is 0 Å². The zero-order valence-electron chi connectivity index (χ0n) is 19.3. The van der Waals surface area contributed by atoms with Crippen molar-refractivity contribution in [3.05, 3.63) is 58.4 Å². The van der Waals surface area contributed by atoms with Crippen molar-refractivity contribution >= 4 is 0 Å². The summed E-state index contributed by atoms with van der Waals surface area (Å²) >= 11 is 0. The van der Waals surface area contributed by atoms with Crippen LogP contribution in [0, 0.1) is 18.7 Å². The summed E-state index contributed by atoms with van der Waals surface area (Å²) in [4.78, 5) is 0. The van der Waals surface area contributed by atoms with Gasteiger partial charge in [0.2, 0.25) is 0 Å². The Balaban J connectivity index is 1.80. The Labute approximate surface area is 192 Å². The average molecular weight is 471 g/mol. The summed E-state index contributed by atoms with van der Waals surface area (Å²) in [6, 6.07) is 7.33. The maximum absolute atomic E-state index is 15.0. The third-order valence-electron chi connectivity index (χ3n) is 6.41. The molecule has 0 radical (unpaired) electrons. The first-order valence-corrected chi connectivity index (χ1v) is 11.6. The number of benzene rings is 2. The van der Waals surface area contributed by atoms with Crippen molar-refractivity contribution in [2.45, 2.75) is 77.7 Å². The van der Waals surface area contributed by atoms with Crippen molar-refractivity contribution in [3.63, 3.8) is 0 Å². The molecule has 7 heteroatoms. The second-order valence-electron chi connectivity index (χ2n) is 8.72. The van der Waals surface area contributed by atoms with Crippen LogP contribution in [0.3, 0.4) is 0 Å². The molecule has 0 aromatic heterocycles. The fourth-order valence-electron chi connectivity index (χ4n) is 4.84. The van der Waals surface area contributed by atoms with Gasteiger partial charge in [-0.05, 0) is 80.7 Å². The Kier molecular flexibility index (Phi) is 8.24. The first-order chi connectivity index (χ1) is 15.7. The van der Waals surface area contributed by atoms with Crippen LogP contribution in [0.4, 0.5) is 22.0 Å². The van der Waals surface area contributed by atoms with E-state index in [1.807, 2.05) is 0 Å². The zero-order chi connectivity index (χ0) is 24.2. The number of hydrogen-bond acceptors (Lipinski definition) is 2. The maximum atomic E-state index is 15.0. The molecule has 0 saturated heterocycles. The second-order valence-corrected chi connectivity index (χ2v) is 8.72. The third-order valence-corrected chi connectivity index (χ3v) is 6.41. The van der Waals surface area contributed by atoms with Gasteiger partial charge in [0.1, 0.15) is 5.75 Å². The smallest absolute Gasteiger partial charge is 0.427 e. The maximum Gasteiger partial charge on any atom is 0.427 e. The number of alkyl halides is 4. The lowest BCUT2D eigenvalue weighted by molar-refractivity contribution is -0.187. The average Bonchev–Trinajstić information content (AvgIpc) is 2.76. The summed E-state index contributed by atoms with van der Waals surface area (Å²) in [5.41, 5.74) is -1.75. The van der Waals surface area contributed by atoms with E-state index < -0.39 is 35.2 Å². The van der Waals surface area contributed by atoms with Crippen LogP contribution in [-0.2, 0) is 6.11 Å². The summed E-state index contributed by atoms with van der Waals surface area (Å²) in [7, 11) is 0. The molecule has 0 unspecified atom stereocenters. The second kappa shape index (κ2) is 10.7. The predicted molar refractivity (Wildman–Crippen MR) is 118 cm³/mol. The molecule has 1 aliphatic carbocycles. The van der Waals surface area contributed by atoms with Crippen LogP contribution < -0.4 is 9.47 Å². The Hall–Kier alpha value is -2.31. The fourth-order valence-corrected chi connectivity index (χ4v) is 4.84. The van der Waals surface area contributed by atoms with Gasteiger partial charge >= 0.3 is 6.11 Å². The summed E-state index contributed by atoms with van der Waals surface area (Å²) < 4.78 is 81.7. The van der Waals surface area contributed by atoms with Crippen LogP contribution in [0.5, 0.6) is 11.5 Å². The van der Waals surface area contributed by atoms with Gasteiger partial charge in [0.15, 0.2) is 11.6 Å². The molecule has 2 nitrogen and oxygen atoms in total. The number of ether oxygens (including phenoxy) is 2. The molecule has 2 aromatic carbocycles. The molecule has 33 heavy (non-hydrogen) atoms. The van der Waals surface area contributed by atoms with Crippen molar-refractivity contribution in [2.75, 3.05) is 6.61 Å². The summed E-state index contributed by atoms with van der Waals surface area (Å²) in [6.45, 7) is 4.95. The summed E-state index contributed by atoms with van der Waals surface area (Å²) in [6.07, 6.45) is -0.754. The monoisotopic (exact) mass is 470 g/mol. The van der Waals surface area contributed by atoms with E-state index in [0.29, 0.717) is 5.92 Å². The molecule has 0 N–H and O–H groups in total. The molecule has 1 fully saturated rings. The highest BCUT2D eigenvalue weighted by molar-refractivity contribution is 5.46. The lowest BCUT2D eigenvalue weighted by atomic mass is 9.77. The van der Waals surface area contributed by atoms with Gasteiger partial charge < -0.3 is 9.47 Å². The normalized spacial score (nSPS) is 19.1. The molecule has 0 spiro atoms. The molecule has 3 rings (SSSR count). The molecule has 0 atom stereocenters. The Morgan fingerprint density at radius 3 is 2.21 bits per heavy atom. The highest BCUT2D eigenvalue weighted by Gasteiger charge is 2.43. The first kappa shape index (κ1) is 25.3. The van der Waals surface area contributed by atoms with Crippen molar-refractivity contribution in [1.29, 1.82) is 0 Å². The van der Waals surface area contributed by atoms with Gasteiger partial charge in [-0.1, -0.05) is 31.9 Å². The Morgan fingerprint density at radius 1 is 1.03 bits per heavy atom. The topological polar surface area (TPSA) is 18.5 Å². The molecule has 0 heterocycles. The van der Waals surface area contributed by atoms with Crippen LogP contribution in [-0.4, -0.2) is 6.61 Å². The highest BCUT2D eigenvalue weighted by atomic mass is 19.3. The van der Waals surface area contributed by atoms with Gasteiger partial charge in [0.25, 0.3) is 6.43 Å². The van der Waals surface area contributed by atoms with Crippen molar-refractivity contribution in [3.8, 4) is 11.5 Å². The van der Waals surface area contributed by atoms with Gasteiger partial charge in [-0.2, -0.15) is 8.78 Å². The molecule has 1 saturated carbocycles. The lowest BCUT2D eigenvalue weighted by Crippen LogP contribution is -2.26. The van der Waals surface area contributed by atoms with E-state index in [9.17, 15) is 13.2 Å². The predicted octanol–water partition coefficient (Wildman–Crippen LogP) is 8.67. The van der Waals surface area contributed by atoms with E-state index in [4.69, 9.17) is 9.47 Å². The fraction of sp³-hybridized carbons (Fsp3) is 0.538. The van der Waals surface area contributed by atoms with Gasteiger partial charge in [0.05, 0.1) is 17.7 Å². The molecule has 1 aliphatic rings. The molecular formula is C26H31F5O2. The minimum atomic E-state index is -4.15. The van der Waals surface area contributed by atoms with Gasteiger partial charge in [0, 0.05) is 0 Å². The minimum absolute atomic E-state index is 0.0118. The van der Waals surface area contributed by atoms with Crippen LogP contribution in [0.25, 0.3) is 0 Å². The number of rotatable bonds is 9. The van der Waals surface area contributed by atoms with Gasteiger partial charge in [-0.25, -0.2) is 13.2 Å². The summed E-state index contributed by atoms with van der Waals surface area (Å²) in [5, 5.41) is 0. The highest BCUT2D eigenvalue weighted by Crippen LogP contribution is 2.43. The van der Waals surface area contributed by atoms with E-state index >= 15 is 8.78 Å². The standard InChI is InChI=1S/C26H31F5O2/c1-4-6-17-7-9-18(10-8-17)19-11-13-20(14-12-19)33-26(30,31)23-16(3)15-21(32-5-2)24(27)22(23)25(28)29/h11-15,17-18,25H,4-10H2,1-3H3. The van der Waals surface area contributed by atoms with E-state index in [1.54, 1.807) is 19.1 Å². The van der Waals surface area contributed by atoms with Crippen LogP contribution in [0.2, 0.25) is 0 Å². The van der Waals surface area contributed by atoms with Crippen LogP contribution in [0.1, 0.15) is 87.0 Å². The molecule has 0 amide bonds. The van der Waals surface area contributed by atoms with E-state index in [2.05, 4.69) is 6.92 Å².